The summed E-state index contributed by atoms with van der Waals surface area (Å²) in [4.78, 5) is 4.77. The van der Waals surface area contributed by atoms with Crippen molar-refractivity contribution in [2.45, 2.75) is 24.9 Å². The molecule has 19 heavy (non-hydrogen) atoms. The van der Waals surface area contributed by atoms with E-state index in [0.29, 0.717) is 12.6 Å². The minimum Gasteiger partial charge on any atom is -0.329 e. The number of hydrogen-bond donors (Lipinski definition) is 1. The van der Waals surface area contributed by atoms with Crippen LogP contribution in [0.3, 0.4) is 0 Å². The van der Waals surface area contributed by atoms with Crippen LogP contribution < -0.4 is 5.73 Å². The fourth-order valence-corrected chi connectivity index (χ4v) is 3.26. The number of hydrogen-bond acceptors (Lipinski definition) is 3. The van der Waals surface area contributed by atoms with Gasteiger partial charge in [-0.1, -0.05) is 23.7 Å². The summed E-state index contributed by atoms with van der Waals surface area (Å²) in [6.45, 7) is 5.06. The SMILES string of the molecule is CC(c1cccc(Cl)c1)N(C)C1(CN)CCN(C)C1. The third kappa shape index (κ3) is 2.95. The van der Waals surface area contributed by atoms with Gasteiger partial charge in [-0.15, -0.1) is 0 Å². The summed E-state index contributed by atoms with van der Waals surface area (Å²) in [5.74, 6) is 0. The lowest BCUT2D eigenvalue weighted by molar-refractivity contribution is 0.0922. The van der Waals surface area contributed by atoms with Crippen LogP contribution >= 0.6 is 11.6 Å². The average Bonchev–Trinajstić information content (AvgIpc) is 2.80. The Morgan fingerprint density at radius 2 is 2.26 bits per heavy atom. The van der Waals surface area contributed by atoms with Crippen LogP contribution in [0.4, 0.5) is 0 Å². The predicted octanol–water partition coefficient (Wildman–Crippen LogP) is 2.37. The first-order chi connectivity index (χ1) is 8.98. The molecule has 0 bridgehead atoms. The first-order valence-electron chi connectivity index (χ1n) is 6.85. The van der Waals surface area contributed by atoms with Gasteiger partial charge in [-0.3, -0.25) is 4.90 Å². The summed E-state index contributed by atoms with van der Waals surface area (Å²) in [5.41, 5.74) is 7.41. The van der Waals surface area contributed by atoms with Gasteiger partial charge in [-0.2, -0.15) is 0 Å². The first kappa shape index (κ1) is 14.8. The van der Waals surface area contributed by atoms with Crippen LogP contribution in [0.15, 0.2) is 24.3 Å². The van der Waals surface area contributed by atoms with Gasteiger partial charge < -0.3 is 10.6 Å². The smallest absolute Gasteiger partial charge is 0.0473 e. The molecule has 2 N–H and O–H groups in total. The standard InChI is InChI=1S/C15H24ClN3/c1-12(13-5-4-6-14(16)9-13)19(3)15(10-17)7-8-18(2)11-15/h4-6,9,12H,7-8,10-11,17H2,1-3H3. The molecule has 0 aliphatic carbocycles. The molecule has 106 valence electrons. The van der Waals surface area contributed by atoms with E-state index in [1.807, 2.05) is 18.2 Å². The molecule has 1 aromatic rings. The zero-order chi connectivity index (χ0) is 14.0. The van der Waals surface area contributed by atoms with E-state index in [2.05, 4.69) is 36.9 Å². The van der Waals surface area contributed by atoms with Gasteiger partial charge in [0, 0.05) is 29.7 Å². The number of benzene rings is 1. The van der Waals surface area contributed by atoms with Crippen molar-refractivity contribution in [3.63, 3.8) is 0 Å². The van der Waals surface area contributed by atoms with E-state index in [4.69, 9.17) is 17.3 Å². The Morgan fingerprint density at radius 1 is 1.53 bits per heavy atom. The largest absolute Gasteiger partial charge is 0.329 e. The Hall–Kier alpha value is -0.610. The molecule has 0 amide bonds. The zero-order valence-corrected chi connectivity index (χ0v) is 12.8. The maximum absolute atomic E-state index is 6.09. The third-order valence-electron chi connectivity index (χ3n) is 4.56. The molecule has 0 aromatic heterocycles. The molecule has 1 aliphatic rings. The number of likely N-dealkylation sites (N-methyl/N-ethyl adjacent to an activating group) is 2. The van der Waals surface area contributed by atoms with E-state index in [1.54, 1.807) is 0 Å². The van der Waals surface area contributed by atoms with Gasteiger partial charge in [0.2, 0.25) is 0 Å². The van der Waals surface area contributed by atoms with Gasteiger partial charge in [-0.25, -0.2) is 0 Å². The van der Waals surface area contributed by atoms with Gasteiger partial charge in [-0.05, 0) is 51.7 Å². The second-order valence-electron chi connectivity index (χ2n) is 5.76. The van der Waals surface area contributed by atoms with Gasteiger partial charge >= 0.3 is 0 Å². The molecule has 2 unspecified atom stereocenters. The van der Waals surface area contributed by atoms with E-state index in [1.165, 1.54) is 5.56 Å². The second kappa shape index (κ2) is 5.80. The quantitative estimate of drug-likeness (QED) is 0.920. The van der Waals surface area contributed by atoms with Crippen LogP contribution in [0.25, 0.3) is 0 Å². The molecule has 1 saturated heterocycles. The van der Waals surface area contributed by atoms with Crippen molar-refractivity contribution in [1.82, 2.24) is 9.80 Å². The lowest BCUT2D eigenvalue weighted by Gasteiger charge is -2.42. The van der Waals surface area contributed by atoms with Crippen molar-refractivity contribution in [1.29, 1.82) is 0 Å². The van der Waals surface area contributed by atoms with Gasteiger partial charge in [0.05, 0.1) is 0 Å². The highest BCUT2D eigenvalue weighted by molar-refractivity contribution is 6.30. The Labute approximate surface area is 121 Å². The average molecular weight is 282 g/mol. The summed E-state index contributed by atoms with van der Waals surface area (Å²) >= 11 is 6.09. The van der Waals surface area contributed by atoms with E-state index >= 15 is 0 Å². The van der Waals surface area contributed by atoms with Gasteiger partial charge in [0.25, 0.3) is 0 Å². The van der Waals surface area contributed by atoms with Gasteiger partial charge in [0.1, 0.15) is 0 Å². The molecule has 4 heteroatoms. The third-order valence-corrected chi connectivity index (χ3v) is 4.80. The number of nitrogens with two attached hydrogens (primary N) is 1. The normalized spacial score (nSPS) is 26.0. The molecular formula is C15H24ClN3. The van der Waals surface area contributed by atoms with Crippen molar-refractivity contribution in [3.05, 3.63) is 34.9 Å². The second-order valence-corrected chi connectivity index (χ2v) is 6.19. The highest BCUT2D eigenvalue weighted by Crippen LogP contribution is 2.33. The van der Waals surface area contributed by atoms with Crippen LogP contribution in [0.2, 0.25) is 5.02 Å². The first-order valence-corrected chi connectivity index (χ1v) is 7.23. The summed E-state index contributed by atoms with van der Waals surface area (Å²) < 4.78 is 0. The Kier molecular flexibility index (Phi) is 4.51. The molecule has 2 atom stereocenters. The van der Waals surface area contributed by atoms with Gasteiger partial charge in [0.15, 0.2) is 0 Å². The minimum absolute atomic E-state index is 0.0798. The summed E-state index contributed by atoms with van der Waals surface area (Å²) in [5, 5.41) is 0.795. The van der Waals surface area contributed by atoms with Crippen LogP contribution in [0, 0.1) is 0 Å². The Bertz CT molecular complexity index is 437. The molecule has 0 spiro atoms. The lowest BCUT2D eigenvalue weighted by atomic mass is 9.93. The van der Waals surface area contributed by atoms with Crippen LogP contribution in [0.5, 0.6) is 0 Å². The number of halogens is 1. The Balaban J connectivity index is 2.20. The van der Waals surface area contributed by atoms with Crippen LogP contribution in [-0.4, -0.2) is 49.1 Å². The molecule has 1 aromatic carbocycles. The van der Waals surface area contributed by atoms with E-state index in [9.17, 15) is 0 Å². The van der Waals surface area contributed by atoms with Crippen LogP contribution in [0.1, 0.15) is 24.9 Å². The van der Waals surface area contributed by atoms with Crippen molar-refractivity contribution in [2.24, 2.45) is 5.73 Å². The van der Waals surface area contributed by atoms with Crippen molar-refractivity contribution >= 4 is 11.6 Å². The molecule has 1 aliphatic heterocycles. The highest BCUT2D eigenvalue weighted by Gasteiger charge is 2.41. The summed E-state index contributed by atoms with van der Waals surface area (Å²) in [7, 11) is 4.34. The fraction of sp³-hybridized carbons (Fsp3) is 0.600. The zero-order valence-electron chi connectivity index (χ0n) is 12.1. The maximum Gasteiger partial charge on any atom is 0.0473 e. The fourth-order valence-electron chi connectivity index (χ4n) is 3.06. The van der Waals surface area contributed by atoms with E-state index in [-0.39, 0.29) is 5.54 Å². The van der Waals surface area contributed by atoms with Crippen molar-refractivity contribution < 1.29 is 0 Å². The molecule has 1 heterocycles. The van der Waals surface area contributed by atoms with E-state index in [0.717, 1.165) is 24.5 Å². The number of nitrogens with zero attached hydrogens (tertiary/aromatic N) is 2. The molecular weight excluding hydrogens is 258 g/mol. The molecule has 1 fully saturated rings. The maximum atomic E-state index is 6.09. The molecule has 0 saturated carbocycles. The molecule has 3 nitrogen and oxygen atoms in total. The minimum atomic E-state index is 0.0798. The topological polar surface area (TPSA) is 32.5 Å². The molecule has 0 radical (unpaired) electrons. The van der Waals surface area contributed by atoms with Crippen molar-refractivity contribution in [3.8, 4) is 0 Å². The van der Waals surface area contributed by atoms with E-state index < -0.39 is 0 Å². The predicted molar refractivity (Wildman–Crippen MR) is 81.5 cm³/mol. The lowest BCUT2D eigenvalue weighted by Crippen LogP contribution is -2.54. The molecule has 2 rings (SSSR count). The number of rotatable bonds is 4. The summed E-state index contributed by atoms with van der Waals surface area (Å²) in [6.07, 6.45) is 1.13. The summed E-state index contributed by atoms with van der Waals surface area (Å²) in [6, 6.07) is 8.42. The Morgan fingerprint density at radius 3 is 2.79 bits per heavy atom. The number of likely N-dealkylation sites (tertiary alicyclic amines) is 1. The van der Waals surface area contributed by atoms with Crippen LogP contribution in [-0.2, 0) is 0 Å². The highest BCUT2D eigenvalue weighted by atomic mass is 35.5. The monoisotopic (exact) mass is 281 g/mol. The van der Waals surface area contributed by atoms with Crippen molar-refractivity contribution in [2.75, 3.05) is 33.7 Å².